The van der Waals surface area contributed by atoms with Gasteiger partial charge in [0.1, 0.15) is 12.4 Å². The summed E-state index contributed by atoms with van der Waals surface area (Å²) in [7, 11) is 1.51. The maximum absolute atomic E-state index is 14.0. The lowest BCUT2D eigenvalue weighted by molar-refractivity contribution is -0.0831. The summed E-state index contributed by atoms with van der Waals surface area (Å²) in [5.74, 6) is -2.56. The number of unbranched alkanes of at least 4 members (excludes halogenated alkanes) is 3. The van der Waals surface area contributed by atoms with Crippen LogP contribution in [0.4, 0.5) is 8.78 Å². The van der Waals surface area contributed by atoms with Crippen LogP contribution in [0.25, 0.3) is 10.9 Å². The molecule has 0 bridgehead atoms. The standard InChI is InChI=1S/C26H30F2N2O4/c1-33-23-13-11-20(21-12-14-24(32)30-25(21)23)22(31)17-29-15-7-2-3-8-16-34-18-26(27,28)19-9-5-4-6-10-19/h4-6,9-14,29H,2-3,7-8,15-18H2,1H3,(H,30,32). The number of carbonyl (C=O) groups excluding carboxylic acids is 1. The first-order valence-corrected chi connectivity index (χ1v) is 11.4. The Morgan fingerprint density at radius 3 is 2.53 bits per heavy atom. The highest BCUT2D eigenvalue weighted by molar-refractivity contribution is 6.09. The quantitative estimate of drug-likeness (QED) is 0.263. The molecule has 0 unspecified atom stereocenters. The summed E-state index contributed by atoms with van der Waals surface area (Å²) >= 11 is 0. The van der Waals surface area contributed by atoms with E-state index in [9.17, 15) is 18.4 Å². The Bertz CT molecular complexity index is 1130. The van der Waals surface area contributed by atoms with E-state index in [-0.39, 0.29) is 23.5 Å². The molecule has 0 fully saturated rings. The lowest BCUT2D eigenvalue weighted by Gasteiger charge is -2.16. The third-order valence-electron chi connectivity index (χ3n) is 5.53. The number of aromatic amines is 1. The number of Topliss-reactive ketones (excluding diaryl/α,β-unsaturated/α-hetero) is 1. The first-order valence-electron chi connectivity index (χ1n) is 11.4. The molecule has 0 atom stereocenters. The Morgan fingerprint density at radius 1 is 1.00 bits per heavy atom. The fourth-order valence-electron chi connectivity index (χ4n) is 3.71. The highest BCUT2D eigenvalue weighted by Gasteiger charge is 2.31. The van der Waals surface area contributed by atoms with Gasteiger partial charge >= 0.3 is 0 Å². The zero-order valence-corrected chi connectivity index (χ0v) is 19.2. The molecule has 182 valence electrons. The minimum Gasteiger partial charge on any atom is -0.495 e. The normalized spacial score (nSPS) is 11.6. The van der Waals surface area contributed by atoms with Crippen LogP contribution in [0.3, 0.4) is 0 Å². The van der Waals surface area contributed by atoms with Crippen LogP contribution in [0.5, 0.6) is 5.75 Å². The Morgan fingerprint density at radius 2 is 1.76 bits per heavy atom. The third-order valence-corrected chi connectivity index (χ3v) is 5.53. The van der Waals surface area contributed by atoms with Gasteiger partial charge < -0.3 is 19.8 Å². The van der Waals surface area contributed by atoms with Gasteiger partial charge in [-0.15, -0.1) is 0 Å². The van der Waals surface area contributed by atoms with Crippen molar-refractivity contribution in [3.05, 3.63) is 76.1 Å². The number of aromatic nitrogens is 1. The number of hydrogen-bond donors (Lipinski definition) is 2. The molecule has 0 saturated heterocycles. The molecule has 1 heterocycles. The van der Waals surface area contributed by atoms with Gasteiger partial charge in [0, 0.05) is 29.2 Å². The molecule has 34 heavy (non-hydrogen) atoms. The lowest BCUT2D eigenvalue weighted by Crippen LogP contribution is -2.24. The zero-order chi connectivity index (χ0) is 24.4. The smallest absolute Gasteiger partial charge is 0.296 e. The molecule has 1 aromatic heterocycles. The van der Waals surface area contributed by atoms with E-state index in [0.29, 0.717) is 41.8 Å². The highest BCUT2D eigenvalue weighted by Crippen LogP contribution is 2.28. The topological polar surface area (TPSA) is 80.4 Å². The molecular weight excluding hydrogens is 442 g/mol. The van der Waals surface area contributed by atoms with Crippen molar-refractivity contribution in [3.8, 4) is 5.75 Å². The predicted molar refractivity (Wildman–Crippen MR) is 128 cm³/mol. The van der Waals surface area contributed by atoms with Crippen LogP contribution in [-0.4, -0.2) is 44.2 Å². The monoisotopic (exact) mass is 472 g/mol. The van der Waals surface area contributed by atoms with E-state index in [2.05, 4.69) is 10.3 Å². The average Bonchev–Trinajstić information content (AvgIpc) is 2.84. The molecule has 0 spiro atoms. The Kier molecular flexibility index (Phi) is 9.30. The molecule has 0 aliphatic rings. The van der Waals surface area contributed by atoms with Gasteiger partial charge in [0.2, 0.25) is 5.56 Å². The molecule has 0 aliphatic heterocycles. The van der Waals surface area contributed by atoms with E-state index < -0.39 is 12.5 Å². The van der Waals surface area contributed by atoms with Crippen LogP contribution in [0, 0.1) is 0 Å². The summed E-state index contributed by atoms with van der Waals surface area (Å²) in [6.07, 6.45) is 3.35. The molecule has 8 heteroatoms. The largest absolute Gasteiger partial charge is 0.495 e. The first-order chi connectivity index (χ1) is 16.4. The second-order valence-electron chi connectivity index (χ2n) is 8.06. The Labute approximate surface area is 197 Å². The van der Waals surface area contributed by atoms with Crippen molar-refractivity contribution in [2.45, 2.75) is 31.6 Å². The van der Waals surface area contributed by atoms with Gasteiger partial charge in [0.05, 0.1) is 19.2 Å². The number of H-pyrrole nitrogens is 1. The minimum atomic E-state index is -2.98. The van der Waals surface area contributed by atoms with Crippen molar-refractivity contribution in [2.75, 3.05) is 33.4 Å². The van der Waals surface area contributed by atoms with Crippen molar-refractivity contribution < 1.29 is 23.0 Å². The summed E-state index contributed by atoms with van der Waals surface area (Å²) < 4.78 is 38.5. The van der Waals surface area contributed by atoms with Gasteiger partial charge in [-0.3, -0.25) is 9.59 Å². The number of fused-ring (bicyclic) bond motifs is 1. The number of ether oxygens (including phenoxy) is 2. The first kappa shape index (κ1) is 25.5. The summed E-state index contributed by atoms with van der Waals surface area (Å²) in [5.41, 5.74) is 0.726. The molecule has 3 aromatic rings. The molecule has 2 aromatic carbocycles. The fourth-order valence-corrected chi connectivity index (χ4v) is 3.71. The summed E-state index contributed by atoms with van der Waals surface area (Å²) in [5, 5.41) is 3.79. The van der Waals surface area contributed by atoms with Crippen LogP contribution in [0.15, 0.2) is 59.4 Å². The van der Waals surface area contributed by atoms with Crippen molar-refractivity contribution >= 4 is 16.7 Å². The molecular formula is C26H30F2N2O4. The second-order valence-corrected chi connectivity index (χ2v) is 8.06. The van der Waals surface area contributed by atoms with E-state index >= 15 is 0 Å². The molecule has 3 rings (SSSR count). The van der Waals surface area contributed by atoms with E-state index in [0.717, 1.165) is 19.3 Å². The van der Waals surface area contributed by atoms with E-state index in [1.807, 2.05) is 0 Å². The number of ketones is 1. The molecule has 0 amide bonds. The van der Waals surface area contributed by atoms with Crippen LogP contribution < -0.4 is 15.6 Å². The molecule has 6 nitrogen and oxygen atoms in total. The van der Waals surface area contributed by atoms with Crippen molar-refractivity contribution in [1.82, 2.24) is 10.3 Å². The van der Waals surface area contributed by atoms with Crippen molar-refractivity contribution in [1.29, 1.82) is 0 Å². The van der Waals surface area contributed by atoms with Gasteiger partial charge in [-0.1, -0.05) is 43.2 Å². The zero-order valence-electron chi connectivity index (χ0n) is 19.2. The maximum atomic E-state index is 14.0. The molecule has 0 saturated carbocycles. The third kappa shape index (κ3) is 6.95. The van der Waals surface area contributed by atoms with E-state index in [1.54, 1.807) is 36.4 Å². The summed E-state index contributed by atoms with van der Waals surface area (Å²) in [4.78, 5) is 27.0. The number of methoxy groups -OCH3 is 1. The second kappa shape index (κ2) is 12.4. The minimum absolute atomic E-state index is 0.0356. The van der Waals surface area contributed by atoms with Gasteiger partial charge in [0.15, 0.2) is 5.78 Å². The van der Waals surface area contributed by atoms with Crippen molar-refractivity contribution in [2.24, 2.45) is 0 Å². The van der Waals surface area contributed by atoms with Crippen LogP contribution >= 0.6 is 0 Å². The Balaban J connectivity index is 1.31. The van der Waals surface area contributed by atoms with Gasteiger partial charge in [-0.05, 0) is 37.6 Å². The van der Waals surface area contributed by atoms with Crippen LogP contribution in [0.1, 0.15) is 41.6 Å². The number of benzene rings is 2. The van der Waals surface area contributed by atoms with Gasteiger partial charge in [-0.2, -0.15) is 8.78 Å². The van der Waals surface area contributed by atoms with E-state index in [4.69, 9.17) is 9.47 Å². The Hall–Kier alpha value is -3.10. The number of hydrogen-bond acceptors (Lipinski definition) is 5. The van der Waals surface area contributed by atoms with E-state index in [1.165, 1.54) is 25.3 Å². The number of carbonyl (C=O) groups is 1. The van der Waals surface area contributed by atoms with Crippen LogP contribution in [0.2, 0.25) is 0 Å². The van der Waals surface area contributed by atoms with Gasteiger partial charge in [-0.25, -0.2) is 0 Å². The summed E-state index contributed by atoms with van der Waals surface area (Å²) in [6.45, 7) is 0.525. The number of nitrogens with one attached hydrogen (secondary N) is 2. The summed E-state index contributed by atoms with van der Waals surface area (Å²) in [6, 6.07) is 14.1. The molecule has 0 radical (unpaired) electrons. The fraction of sp³-hybridized carbons (Fsp3) is 0.385. The lowest BCUT2D eigenvalue weighted by atomic mass is 10.0. The number of alkyl halides is 2. The predicted octanol–water partition coefficient (Wildman–Crippen LogP) is 4.68. The number of pyridine rings is 1. The molecule has 2 N–H and O–H groups in total. The van der Waals surface area contributed by atoms with Gasteiger partial charge in [0.25, 0.3) is 5.92 Å². The maximum Gasteiger partial charge on any atom is 0.296 e. The average molecular weight is 473 g/mol. The number of halogens is 2. The molecule has 0 aliphatic carbocycles. The SMILES string of the molecule is COc1ccc(C(=O)CNCCCCCCOCC(F)(F)c2ccccc2)c2ccc(=O)[nH]c12. The number of rotatable bonds is 14. The van der Waals surface area contributed by atoms with Crippen LogP contribution in [-0.2, 0) is 10.7 Å². The van der Waals surface area contributed by atoms with Crippen molar-refractivity contribution in [3.63, 3.8) is 0 Å². The highest BCUT2D eigenvalue weighted by atomic mass is 19.3.